The molecule has 0 aromatic rings. The molecule has 3 fully saturated rings. The zero-order valence-corrected chi connectivity index (χ0v) is 11.1. The predicted octanol–water partition coefficient (Wildman–Crippen LogP) is 1.51. The summed E-state index contributed by atoms with van der Waals surface area (Å²) in [6.45, 7) is 9.28. The van der Waals surface area contributed by atoms with E-state index in [4.69, 9.17) is 4.74 Å². The van der Waals surface area contributed by atoms with Crippen LogP contribution < -0.4 is 0 Å². The average Bonchev–Trinajstić information content (AvgIpc) is 2.97. The number of nitrogens with zero attached hydrogens (tertiary/aromatic N) is 1. The smallest absolute Gasteiger partial charge is 0.0788 e. The molecule has 2 aliphatic heterocycles. The van der Waals surface area contributed by atoms with E-state index in [0.717, 1.165) is 38.5 Å². The molecule has 1 saturated carbocycles. The number of piperidine rings is 1. The first kappa shape index (κ1) is 11.9. The Morgan fingerprint density at radius 1 is 1.35 bits per heavy atom. The topological polar surface area (TPSA) is 32.7 Å². The molecular formula is C14H25NO2. The van der Waals surface area contributed by atoms with Crippen LogP contribution in [0.5, 0.6) is 0 Å². The summed E-state index contributed by atoms with van der Waals surface area (Å²) in [6.07, 6.45) is 3.45. The molecule has 3 rings (SSSR count). The highest BCUT2D eigenvalue weighted by atomic mass is 16.5. The van der Waals surface area contributed by atoms with Gasteiger partial charge in [-0.25, -0.2) is 0 Å². The lowest BCUT2D eigenvalue weighted by Crippen LogP contribution is -2.51. The van der Waals surface area contributed by atoms with E-state index >= 15 is 0 Å². The SMILES string of the molecule is CC(C)CN1CCC2(CC1)OCC1CC12CO. The van der Waals surface area contributed by atoms with Gasteiger partial charge in [0.1, 0.15) is 0 Å². The molecule has 0 amide bonds. The summed E-state index contributed by atoms with van der Waals surface area (Å²) in [5, 5.41) is 9.70. The van der Waals surface area contributed by atoms with Crippen molar-refractivity contribution in [3.05, 3.63) is 0 Å². The molecule has 3 nitrogen and oxygen atoms in total. The summed E-state index contributed by atoms with van der Waals surface area (Å²) >= 11 is 0. The minimum Gasteiger partial charge on any atom is -0.396 e. The molecule has 0 bridgehead atoms. The summed E-state index contributed by atoms with van der Waals surface area (Å²) in [4.78, 5) is 2.56. The zero-order valence-electron chi connectivity index (χ0n) is 11.1. The third kappa shape index (κ3) is 1.66. The predicted molar refractivity (Wildman–Crippen MR) is 66.8 cm³/mol. The van der Waals surface area contributed by atoms with E-state index in [9.17, 15) is 5.11 Å². The molecule has 98 valence electrons. The summed E-state index contributed by atoms with van der Waals surface area (Å²) < 4.78 is 6.10. The minimum absolute atomic E-state index is 0.0277. The van der Waals surface area contributed by atoms with Gasteiger partial charge in [0.2, 0.25) is 0 Å². The Labute approximate surface area is 104 Å². The maximum absolute atomic E-state index is 9.70. The highest BCUT2D eigenvalue weighted by molar-refractivity contribution is 5.19. The second-order valence-corrected chi connectivity index (χ2v) is 6.72. The first-order valence-corrected chi connectivity index (χ1v) is 7.09. The molecular weight excluding hydrogens is 214 g/mol. The fourth-order valence-electron chi connectivity index (χ4n) is 4.15. The van der Waals surface area contributed by atoms with Gasteiger partial charge in [0.25, 0.3) is 0 Å². The average molecular weight is 239 g/mol. The molecule has 1 N–H and O–H groups in total. The number of rotatable bonds is 3. The van der Waals surface area contributed by atoms with Crippen LogP contribution >= 0.6 is 0 Å². The lowest BCUT2D eigenvalue weighted by molar-refractivity contribution is -0.105. The normalized spacial score (nSPS) is 39.9. The van der Waals surface area contributed by atoms with Gasteiger partial charge in [-0.2, -0.15) is 0 Å². The number of hydrogen-bond donors (Lipinski definition) is 1. The fourth-order valence-corrected chi connectivity index (χ4v) is 4.15. The Bertz CT molecular complexity index is 293. The Balaban J connectivity index is 1.64. The Morgan fingerprint density at radius 3 is 2.59 bits per heavy atom. The van der Waals surface area contributed by atoms with Gasteiger partial charge in [-0.1, -0.05) is 13.8 Å². The van der Waals surface area contributed by atoms with Gasteiger partial charge in [0.15, 0.2) is 0 Å². The van der Waals surface area contributed by atoms with Gasteiger partial charge in [0, 0.05) is 25.0 Å². The first-order valence-electron chi connectivity index (χ1n) is 7.09. The molecule has 2 saturated heterocycles. The highest BCUT2D eigenvalue weighted by Crippen LogP contribution is 2.68. The summed E-state index contributed by atoms with van der Waals surface area (Å²) in [5.74, 6) is 1.40. The van der Waals surface area contributed by atoms with Crippen LogP contribution in [0.2, 0.25) is 0 Å². The van der Waals surface area contributed by atoms with Crippen molar-refractivity contribution in [3.63, 3.8) is 0 Å². The maximum atomic E-state index is 9.70. The Kier molecular flexibility index (Phi) is 2.77. The van der Waals surface area contributed by atoms with Crippen LogP contribution in [0.4, 0.5) is 0 Å². The summed E-state index contributed by atoms with van der Waals surface area (Å²) in [6, 6.07) is 0. The summed E-state index contributed by atoms with van der Waals surface area (Å²) in [5.41, 5.74) is 0.177. The van der Waals surface area contributed by atoms with E-state index in [1.54, 1.807) is 0 Å². The van der Waals surface area contributed by atoms with E-state index in [-0.39, 0.29) is 11.0 Å². The highest BCUT2D eigenvalue weighted by Gasteiger charge is 2.71. The standard InChI is InChI=1S/C14H25NO2/c1-11(2)8-15-5-3-14(4-6-15)13(10-16)7-12(13)9-17-14/h11-12,16H,3-10H2,1-2H3. The van der Waals surface area contributed by atoms with Crippen molar-refractivity contribution in [2.75, 3.05) is 32.8 Å². The van der Waals surface area contributed by atoms with Crippen LogP contribution in [0.3, 0.4) is 0 Å². The molecule has 2 atom stereocenters. The van der Waals surface area contributed by atoms with Crippen molar-refractivity contribution in [1.29, 1.82) is 0 Å². The number of fused-ring (bicyclic) bond motifs is 2. The molecule has 1 aliphatic carbocycles. The van der Waals surface area contributed by atoms with E-state index in [1.165, 1.54) is 13.0 Å². The molecule has 0 radical (unpaired) electrons. The van der Waals surface area contributed by atoms with Crippen LogP contribution in [0.15, 0.2) is 0 Å². The van der Waals surface area contributed by atoms with Gasteiger partial charge >= 0.3 is 0 Å². The molecule has 2 unspecified atom stereocenters. The maximum Gasteiger partial charge on any atom is 0.0788 e. The number of hydrogen-bond acceptors (Lipinski definition) is 3. The molecule has 2 heterocycles. The van der Waals surface area contributed by atoms with E-state index < -0.39 is 0 Å². The van der Waals surface area contributed by atoms with Crippen LogP contribution in [0.1, 0.15) is 33.1 Å². The van der Waals surface area contributed by atoms with Crippen LogP contribution in [0.25, 0.3) is 0 Å². The van der Waals surface area contributed by atoms with Crippen molar-refractivity contribution in [2.24, 2.45) is 17.3 Å². The van der Waals surface area contributed by atoms with Gasteiger partial charge < -0.3 is 14.7 Å². The van der Waals surface area contributed by atoms with Crippen molar-refractivity contribution < 1.29 is 9.84 Å². The zero-order chi connectivity index (χ0) is 12.1. The largest absolute Gasteiger partial charge is 0.396 e. The molecule has 0 aromatic carbocycles. The van der Waals surface area contributed by atoms with E-state index in [1.807, 2.05) is 0 Å². The first-order chi connectivity index (χ1) is 8.12. The quantitative estimate of drug-likeness (QED) is 0.810. The van der Waals surface area contributed by atoms with Crippen molar-refractivity contribution >= 4 is 0 Å². The van der Waals surface area contributed by atoms with E-state index in [2.05, 4.69) is 18.7 Å². The fraction of sp³-hybridized carbons (Fsp3) is 1.00. The lowest BCUT2D eigenvalue weighted by Gasteiger charge is -2.44. The van der Waals surface area contributed by atoms with Crippen LogP contribution in [0, 0.1) is 17.3 Å². The monoisotopic (exact) mass is 239 g/mol. The molecule has 1 spiro atoms. The second-order valence-electron chi connectivity index (χ2n) is 6.72. The Morgan fingerprint density at radius 2 is 2.06 bits per heavy atom. The number of ether oxygens (including phenoxy) is 1. The molecule has 17 heavy (non-hydrogen) atoms. The Hall–Kier alpha value is -0.120. The van der Waals surface area contributed by atoms with Crippen molar-refractivity contribution in [2.45, 2.75) is 38.7 Å². The third-order valence-electron chi connectivity index (χ3n) is 5.27. The van der Waals surface area contributed by atoms with Crippen LogP contribution in [-0.4, -0.2) is 48.5 Å². The van der Waals surface area contributed by atoms with Gasteiger partial charge in [0.05, 0.1) is 18.8 Å². The second kappa shape index (κ2) is 3.94. The number of likely N-dealkylation sites (tertiary alicyclic amines) is 1. The van der Waals surface area contributed by atoms with Gasteiger partial charge in [-0.05, 0) is 31.1 Å². The number of aliphatic hydroxyl groups excluding tert-OH is 1. The molecule has 3 heteroatoms. The molecule has 0 aromatic heterocycles. The van der Waals surface area contributed by atoms with Crippen molar-refractivity contribution in [3.8, 4) is 0 Å². The van der Waals surface area contributed by atoms with Gasteiger partial charge in [-0.3, -0.25) is 0 Å². The summed E-state index contributed by atoms with van der Waals surface area (Å²) in [7, 11) is 0. The minimum atomic E-state index is 0.0277. The van der Waals surface area contributed by atoms with Crippen LogP contribution in [-0.2, 0) is 4.74 Å². The molecule has 3 aliphatic rings. The van der Waals surface area contributed by atoms with E-state index in [0.29, 0.717) is 12.5 Å². The van der Waals surface area contributed by atoms with Crippen molar-refractivity contribution in [1.82, 2.24) is 4.90 Å². The van der Waals surface area contributed by atoms with Gasteiger partial charge in [-0.15, -0.1) is 0 Å². The lowest BCUT2D eigenvalue weighted by atomic mass is 9.77. The third-order valence-corrected chi connectivity index (χ3v) is 5.27. The number of aliphatic hydroxyl groups is 1.